The molecule has 1 amide bonds. The smallest absolute Gasteiger partial charge is 0.243 e. The van der Waals surface area contributed by atoms with E-state index in [2.05, 4.69) is 5.32 Å². The van der Waals surface area contributed by atoms with Gasteiger partial charge in [-0.3, -0.25) is 4.79 Å². The van der Waals surface area contributed by atoms with Crippen molar-refractivity contribution in [2.45, 2.75) is 4.90 Å². The van der Waals surface area contributed by atoms with Crippen LogP contribution in [0.1, 0.15) is 5.56 Å². The molecule has 0 aliphatic carbocycles. The summed E-state index contributed by atoms with van der Waals surface area (Å²) in [6.07, 6.45) is 0. The SMILES string of the molecule is COc1ccccc1OCCNC(=O)CN(C)S(=O)(=O)c1ccc(C#N)cc1. The van der Waals surface area contributed by atoms with Crippen molar-refractivity contribution in [3.63, 3.8) is 0 Å². The molecule has 0 saturated heterocycles. The molecule has 0 atom stereocenters. The van der Waals surface area contributed by atoms with Crippen LogP contribution < -0.4 is 14.8 Å². The molecule has 0 spiro atoms. The number of ether oxygens (including phenoxy) is 2. The van der Waals surface area contributed by atoms with Crippen LogP contribution in [-0.4, -0.2) is 52.5 Å². The van der Waals surface area contributed by atoms with E-state index in [0.29, 0.717) is 17.1 Å². The van der Waals surface area contributed by atoms with Crippen LogP contribution in [0, 0.1) is 11.3 Å². The first-order valence-electron chi connectivity index (χ1n) is 8.37. The van der Waals surface area contributed by atoms with Crippen LogP contribution >= 0.6 is 0 Å². The molecule has 2 aromatic carbocycles. The lowest BCUT2D eigenvalue weighted by molar-refractivity contribution is -0.121. The highest BCUT2D eigenvalue weighted by atomic mass is 32.2. The molecular weight excluding hydrogens is 382 g/mol. The minimum Gasteiger partial charge on any atom is -0.493 e. The van der Waals surface area contributed by atoms with E-state index < -0.39 is 15.9 Å². The van der Waals surface area contributed by atoms with E-state index in [1.54, 1.807) is 18.2 Å². The largest absolute Gasteiger partial charge is 0.493 e. The summed E-state index contributed by atoms with van der Waals surface area (Å²) in [6, 6.07) is 14.6. The lowest BCUT2D eigenvalue weighted by atomic mass is 10.2. The number of benzene rings is 2. The van der Waals surface area contributed by atoms with Gasteiger partial charge in [0.15, 0.2) is 11.5 Å². The van der Waals surface area contributed by atoms with Crippen LogP contribution in [0.3, 0.4) is 0 Å². The van der Waals surface area contributed by atoms with Gasteiger partial charge in [-0.05, 0) is 36.4 Å². The lowest BCUT2D eigenvalue weighted by Gasteiger charge is -2.17. The molecule has 0 aliphatic rings. The van der Waals surface area contributed by atoms with Crippen molar-refractivity contribution in [2.75, 3.05) is 33.9 Å². The van der Waals surface area contributed by atoms with E-state index in [-0.39, 0.29) is 24.6 Å². The first-order valence-corrected chi connectivity index (χ1v) is 9.81. The van der Waals surface area contributed by atoms with Crippen molar-refractivity contribution < 1.29 is 22.7 Å². The van der Waals surface area contributed by atoms with Gasteiger partial charge < -0.3 is 14.8 Å². The fourth-order valence-corrected chi connectivity index (χ4v) is 3.44. The van der Waals surface area contributed by atoms with Crippen molar-refractivity contribution in [1.29, 1.82) is 5.26 Å². The molecular formula is C19H21N3O5S. The Morgan fingerprint density at radius 1 is 1.14 bits per heavy atom. The van der Waals surface area contributed by atoms with Crippen molar-refractivity contribution >= 4 is 15.9 Å². The second kappa shape index (κ2) is 9.73. The van der Waals surface area contributed by atoms with Crippen LogP contribution in [0.4, 0.5) is 0 Å². The second-order valence-corrected chi connectivity index (χ2v) is 7.79. The number of likely N-dealkylation sites (N-methyl/N-ethyl adjacent to an activating group) is 1. The Labute approximate surface area is 164 Å². The average Bonchev–Trinajstić information content (AvgIpc) is 2.71. The number of para-hydroxylation sites is 2. The maximum Gasteiger partial charge on any atom is 0.243 e. The second-order valence-electron chi connectivity index (χ2n) is 5.75. The van der Waals surface area contributed by atoms with Gasteiger partial charge in [0.1, 0.15) is 6.61 Å². The molecule has 0 radical (unpaired) electrons. The highest BCUT2D eigenvalue weighted by molar-refractivity contribution is 7.89. The summed E-state index contributed by atoms with van der Waals surface area (Å²) in [7, 11) is -0.973. The number of sulfonamides is 1. The number of carbonyl (C=O) groups is 1. The summed E-state index contributed by atoms with van der Waals surface area (Å²) in [6.45, 7) is 0.0802. The van der Waals surface area contributed by atoms with Gasteiger partial charge in [-0.25, -0.2) is 8.42 Å². The zero-order valence-electron chi connectivity index (χ0n) is 15.6. The van der Waals surface area contributed by atoms with Gasteiger partial charge in [0.25, 0.3) is 0 Å². The molecule has 1 N–H and O–H groups in total. The van der Waals surface area contributed by atoms with Crippen molar-refractivity contribution in [1.82, 2.24) is 9.62 Å². The van der Waals surface area contributed by atoms with Crippen LogP contribution in [0.15, 0.2) is 53.4 Å². The molecule has 0 aliphatic heterocycles. The Morgan fingerprint density at radius 3 is 2.39 bits per heavy atom. The summed E-state index contributed by atoms with van der Waals surface area (Å²) in [5, 5.41) is 11.4. The van der Waals surface area contributed by atoms with E-state index >= 15 is 0 Å². The summed E-state index contributed by atoms with van der Waals surface area (Å²) >= 11 is 0. The number of amides is 1. The third-order valence-electron chi connectivity index (χ3n) is 3.81. The maximum atomic E-state index is 12.5. The highest BCUT2D eigenvalue weighted by Gasteiger charge is 2.22. The topological polar surface area (TPSA) is 109 Å². The van der Waals surface area contributed by atoms with Gasteiger partial charge in [0.05, 0.1) is 36.7 Å². The highest BCUT2D eigenvalue weighted by Crippen LogP contribution is 2.25. The molecule has 8 nitrogen and oxygen atoms in total. The predicted molar refractivity (Wildman–Crippen MR) is 102 cm³/mol. The van der Waals surface area contributed by atoms with Crippen LogP contribution in [0.25, 0.3) is 0 Å². The molecule has 0 bridgehead atoms. The first-order chi connectivity index (χ1) is 13.4. The Balaban J connectivity index is 1.84. The molecule has 0 saturated carbocycles. The fraction of sp³-hybridized carbons (Fsp3) is 0.263. The normalized spacial score (nSPS) is 10.9. The molecule has 9 heteroatoms. The van der Waals surface area contributed by atoms with Crippen LogP contribution in [0.5, 0.6) is 11.5 Å². The predicted octanol–water partition coefficient (Wildman–Crippen LogP) is 1.38. The van der Waals surface area contributed by atoms with Gasteiger partial charge in [0, 0.05) is 7.05 Å². The zero-order valence-corrected chi connectivity index (χ0v) is 16.4. The number of nitriles is 1. The number of methoxy groups -OCH3 is 1. The number of nitrogens with zero attached hydrogens (tertiary/aromatic N) is 2. The monoisotopic (exact) mass is 403 g/mol. The Morgan fingerprint density at radius 2 is 1.79 bits per heavy atom. The number of hydrogen-bond donors (Lipinski definition) is 1. The van der Waals surface area contributed by atoms with E-state index in [1.807, 2.05) is 12.1 Å². The maximum absolute atomic E-state index is 12.5. The molecule has 0 fully saturated rings. The molecule has 0 unspecified atom stereocenters. The summed E-state index contributed by atoms with van der Waals surface area (Å²) < 4.78 is 36.6. The summed E-state index contributed by atoms with van der Waals surface area (Å²) in [4.78, 5) is 12.0. The van der Waals surface area contributed by atoms with Crippen molar-refractivity contribution in [3.8, 4) is 17.6 Å². The minimum absolute atomic E-state index is 0.0151. The molecule has 148 valence electrons. The number of rotatable bonds is 9. The van der Waals surface area contributed by atoms with Crippen LogP contribution in [0.2, 0.25) is 0 Å². The first kappa shape index (κ1) is 21.2. The Hall–Kier alpha value is -3.09. The molecule has 0 heterocycles. The van der Waals surface area contributed by atoms with Crippen molar-refractivity contribution in [2.24, 2.45) is 0 Å². The van der Waals surface area contributed by atoms with E-state index in [4.69, 9.17) is 14.7 Å². The van der Waals surface area contributed by atoms with Gasteiger partial charge >= 0.3 is 0 Å². The third-order valence-corrected chi connectivity index (χ3v) is 5.63. The molecule has 0 aromatic heterocycles. The van der Waals surface area contributed by atoms with E-state index in [9.17, 15) is 13.2 Å². The number of carbonyl (C=O) groups excluding carboxylic acids is 1. The minimum atomic E-state index is -3.83. The van der Waals surface area contributed by atoms with E-state index in [1.165, 1.54) is 38.4 Å². The lowest BCUT2D eigenvalue weighted by Crippen LogP contribution is -2.39. The van der Waals surface area contributed by atoms with Gasteiger partial charge in [-0.15, -0.1) is 0 Å². The quantitative estimate of drug-likeness (QED) is 0.634. The summed E-state index contributed by atoms with van der Waals surface area (Å²) in [5.41, 5.74) is 0.356. The molecule has 2 aromatic rings. The van der Waals surface area contributed by atoms with Gasteiger partial charge in [-0.2, -0.15) is 9.57 Å². The average molecular weight is 403 g/mol. The number of nitrogens with one attached hydrogen (secondary N) is 1. The van der Waals surface area contributed by atoms with Gasteiger partial charge in [0.2, 0.25) is 15.9 Å². The Kier molecular flexibility index (Phi) is 7.37. The zero-order chi connectivity index (χ0) is 20.6. The molecule has 2 rings (SSSR count). The fourth-order valence-electron chi connectivity index (χ4n) is 2.31. The standard InChI is InChI=1S/C19H21N3O5S/c1-22(28(24,25)16-9-7-15(13-20)8-10-16)14-19(23)21-11-12-27-18-6-4-3-5-17(18)26-2/h3-10H,11-12,14H2,1-2H3,(H,21,23). The Bertz CT molecular complexity index is 952. The van der Waals surface area contributed by atoms with Crippen LogP contribution in [-0.2, 0) is 14.8 Å². The van der Waals surface area contributed by atoms with Gasteiger partial charge in [-0.1, -0.05) is 12.1 Å². The number of hydrogen-bond acceptors (Lipinski definition) is 6. The third kappa shape index (κ3) is 5.45. The molecule has 28 heavy (non-hydrogen) atoms. The van der Waals surface area contributed by atoms with Crippen molar-refractivity contribution in [3.05, 3.63) is 54.1 Å². The summed E-state index contributed by atoms with van der Waals surface area (Å²) in [5.74, 6) is 0.685. The van der Waals surface area contributed by atoms with E-state index in [0.717, 1.165) is 4.31 Å².